The van der Waals surface area contributed by atoms with Crippen molar-refractivity contribution in [1.29, 1.82) is 0 Å². The molecule has 2 aliphatic heterocycles. The molecule has 2 saturated heterocycles. The van der Waals surface area contributed by atoms with E-state index in [1.54, 1.807) is 6.33 Å². The Morgan fingerprint density at radius 1 is 0.793 bits per heavy atom. The van der Waals surface area contributed by atoms with Crippen LogP contribution >= 0.6 is 0 Å². The summed E-state index contributed by atoms with van der Waals surface area (Å²) >= 11 is 0. The number of rotatable bonds is 6. The molecule has 0 spiro atoms. The highest BCUT2D eigenvalue weighted by Gasteiger charge is 2.20. The van der Waals surface area contributed by atoms with Gasteiger partial charge in [-0.2, -0.15) is 0 Å². The number of hydrogen-bond donors (Lipinski definition) is 0. The number of aromatic nitrogens is 2. The molecule has 0 bridgehead atoms. The van der Waals surface area contributed by atoms with Crippen molar-refractivity contribution in [2.24, 2.45) is 0 Å². The zero-order valence-electron chi connectivity index (χ0n) is 17.5. The molecule has 2 aliphatic rings. The van der Waals surface area contributed by atoms with E-state index in [4.69, 9.17) is 0 Å². The van der Waals surface area contributed by atoms with Crippen molar-refractivity contribution in [3.63, 3.8) is 0 Å². The minimum absolute atomic E-state index is 0.999. The first-order valence-electron chi connectivity index (χ1n) is 10.8. The second kappa shape index (κ2) is 9.85. The van der Waals surface area contributed by atoms with Crippen LogP contribution < -0.4 is 9.80 Å². The summed E-state index contributed by atoms with van der Waals surface area (Å²) in [6.07, 6.45) is 6.21. The van der Waals surface area contributed by atoms with Crippen LogP contribution in [0.25, 0.3) is 6.08 Å². The Balaban J connectivity index is 1.28. The fourth-order valence-corrected chi connectivity index (χ4v) is 4.04. The van der Waals surface area contributed by atoms with E-state index in [9.17, 15) is 0 Å². The summed E-state index contributed by atoms with van der Waals surface area (Å²) in [5, 5.41) is 0. The van der Waals surface area contributed by atoms with Gasteiger partial charge in [-0.15, -0.1) is 0 Å². The Morgan fingerprint density at radius 2 is 1.38 bits per heavy atom. The molecule has 2 aromatic rings. The monoisotopic (exact) mass is 392 g/mol. The van der Waals surface area contributed by atoms with Crippen molar-refractivity contribution >= 4 is 17.7 Å². The molecule has 0 atom stereocenters. The molecule has 29 heavy (non-hydrogen) atoms. The fourth-order valence-electron chi connectivity index (χ4n) is 4.04. The van der Waals surface area contributed by atoms with Gasteiger partial charge in [0.2, 0.25) is 0 Å². The summed E-state index contributed by atoms with van der Waals surface area (Å²) in [6, 6.07) is 12.7. The van der Waals surface area contributed by atoms with Crippen molar-refractivity contribution in [3.8, 4) is 0 Å². The van der Waals surface area contributed by atoms with Crippen molar-refractivity contribution < 1.29 is 0 Å². The molecule has 0 aliphatic carbocycles. The van der Waals surface area contributed by atoms with E-state index >= 15 is 0 Å². The van der Waals surface area contributed by atoms with Crippen molar-refractivity contribution in [1.82, 2.24) is 19.8 Å². The normalized spacial score (nSPS) is 19.2. The average Bonchev–Trinajstić information content (AvgIpc) is 2.80. The number of benzene rings is 1. The van der Waals surface area contributed by atoms with Crippen molar-refractivity contribution in [2.45, 2.75) is 6.92 Å². The summed E-state index contributed by atoms with van der Waals surface area (Å²) in [6.45, 7) is 12.8. The fraction of sp³-hybridized carbons (Fsp3) is 0.478. The molecule has 0 radical (unpaired) electrons. The van der Waals surface area contributed by atoms with Crippen LogP contribution in [0.1, 0.15) is 12.5 Å². The highest BCUT2D eigenvalue weighted by Crippen LogP contribution is 2.20. The van der Waals surface area contributed by atoms with Gasteiger partial charge in [0.1, 0.15) is 18.0 Å². The molecule has 0 saturated carbocycles. The molecule has 0 amide bonds. The molecule has 2 fully saturated rings. The summed E-state index contributed by atoms with van der Waals surface area (Å²) in [5.41, 5.74) is 1.26. The van der Waals surface area contributed by atoms with Crippen molar-refractivity contribution in [2.75, 3.05) is 75.2 Å². The van der Waals surface area contributed by atoms with Crippen LogP contribution in [0.15, 0.2) is 48.8 Å². The molecule has 6 nitrogen and oxygen atoms in total. The molecule has 1 aromatic heterocycles. The first kappa shape index (κ1) is 19.9. The third-order valence-corrected chi connectivity index (χ3v) is 5.95. The number of likely N-dealkylation sites (N-methyl/N-ethyl adjacent to an activating group) is 1. The minimum atomic E-state index is 0.999. The molecule has 154 valence electrons. The van der Waals surface area contributed by atoms with E-state index in [0.29, 0.717) is 0 Å². The van der Waals surface area contributed by atoms with Crippen LogP contribution in [0.5, 0.6) is 0 Å². The molecule has 4 rings (SSSR count). The minimum Gasteiger partial charge on any atom is -0.354 e. The van der Waals surface area contributed by atoms with Crippen LogP contribution in [0.2, 0.25) is 0 Å². The lowest BCUT2D eigenvalue weighted by molar-refractivity contribution is 0.270. The molecule has 0 unspecified atom stereocenters. The van der Waals surface area contributed by atoms with E-state index in [1.807, 2.05) is 0 Å². The highest BCUT2D eigenvalue weighted by molar-refractivity contribution is 5.51. The maximum Gasteiger partial charge on any atom is 0.134 e. The van der Waals surface area contributed by atoms with Gasteiger partial charge < -0.3 is 14.7 Å². The van der Waals surface area contributed by atoms with Crippen molar-refractivity contribution in [3.05, 3.63) is 54.4 Å². The maximum atomic E-state index is 4.56. The van der Waals surface area contributed by atoms with Crippen LogP contribution in [-0.4, -0.2) is 85.2 Å². The van der Waals surface area contributed by atoms with E-state index < -0.39 is 0 Å². The van der Waals surface area contributed by atoms with Crippen LogP contribution in [0.3, 0.4) is 0 Å². The van der Waals surface area contributed by atoms with Crippen LogP contribution in [-0.2, 0) is 0 Å². The Labute approximate surface area is 174 Å². The molecular formula is C23H32N6. The lowest BCUT2D eigenvalue weighted by atomic mass is 10.2. The van der Waals surface area contributed by atoms with E-state index in [2.05, 4.69) is 85.0 Å². The summed E-state index contributed by atoms with van der Waals surface area (Å²) in [7, 11) is 0. The second-order valence-electron chi connectivity index (χ2n) is 7.76. The lowest BCUT2D eigenvalue weighted by Gasteiger charge is -2.36. The smallest absolute Gasteiger partial charge is 0.134 e. The SMILES string of the molecule is CCN1CCN(c2cc(N3CCN(C/C=C/c4ccccc4)CC3)ncn2)CC1. The quantitative estimate of drug-likeness (QED) is 0.752. The third kappa shape index (κ3) is 5.34. The van der Waals surface area contributed by atoms with E-state index in [0.717, 1.165) is 77.1 Å². The molecular weight excluding hydrogens is 360 g/mol. The number of hydrogen-bond acceptors (Lipinski definition) is 6. The Bertz CT molecular complexity index is 777. The second-order valence-corrected chi connectivity index (χ2v) is 7.76. The zero-order chi connectivity index (χ0) is 19.9. The van der Waals surface area contributed by atoms with Gasteiger partial charge in [-0.25, -0.2) is 9.97 Å². The topological polar surface area (TPSA) is 38.7 Å². The number of nitrogens with zero attached hydrogens (tertiary/aromatic N) is 6. The van der Waals surface area contributed by atoms with Crippen LogP contribution in [0.4, 0.5) is 11.6 Å². The van der Waals surface area contributed by atoms with Gasteiger partial charge in [-0.1, -0.05) is 49.4 Å². The van der Waals surface area contributed by atoms with Gasteiger partial charge in [0.15, 0.2) is 0 Å². The molecule has 1 aromatic carbocycles. The molecule has 0 N–H and O–H groups in total. The summed E-state index contributed by atoms with van der Waals surface area (Å²) in [5.74, 6) is 2.13. The van der Waals surface area contributed by atoms with Gasteiger partial charge in [0.25, 0.3) is 0 Å². The Morgan fingerprint density at radius 3 is 1.97 bits per heavy atom. The third-order valence-electron chi connectivity index (χ3n) is 5.95. The molecule has 3 heterocycles. The van der Waals surface area contributed by atoms with Gasteiger partial charge in [0.05, 0.1) is 0 Å². The van der Waals surface area contributed by atoms with Crippen LogP contribution in [0, 0.1) is 0 Å². The summed E-state index contributed by atoms with van der Waals surface area (Å²) < 4.78 is 0. The largest absolute Gasteiger partial charge is 0.354 e. The summed E-state index contributed by atoms with van der Waals surface area (Å²) in [4.78, 5) is 18.9. The van der Waals surface area contributed by atoms with Gasteiger partial charge in [-0.3, -0.25) is 4.90 Å². The average molecular weight is 393 g/mol. The predicted octanol–water partition coefficient (Wildman–Crippen LogP) is 2.45. The maximum absolute atomic E-state index is 4.56. The highest BCUT2D eigenvalue weighted by atomic mass is 15.3. The Hall–Kier alpha value is -2.44. The zero-order valence-corrected chi connectivity index (χ0v) is 17.5. The van der Waals surface area contributed by atoms with E-state index in [-0.39, 0.29) is 0 Å². The first-order chi connectivity index (χ1) is 14.3. The Kier molecular flexibility index (Phi) is 6.75. The standard InChI is InChI=1S/C23H32N6/c1-2-26-11-15-28(16-12-26)22-19-23(25-20-24-22)29-17-13-27(14-18-29)10-6-9-21-7-4-3-5-8-21/h3-9,19-20H,2,10-18H2,1H3/b9-6+. The first-order valence-corrected chi connectivity index (χ1v) is 10.8. The van der Waals surface area contributed by atoms with E-state index in [1.165, 1.54) is 5.56 Å². The predicted molar refractivity (Wildman–Crippen MR) is 120 cm³/mol. The lowest BCUT2D eigenvalue weighted by Crippen LogP contribution is -2.47. The molecule has 6 heteroatoms. The van der Waals surface area contributed by atoms with Gasteiger partial charge in [0, 0.05) is 65.0 Å². The number of piperazine rings is 2. The number of anilines is 2. The van der Waals surface area contributed by atoms with Gasteiger partial charge in [-0.05, 0) is 12.1 Å². The van der Waals surface area contributed by atoms with Gasteiger partial charge >= 0.3 is 0 Å².